The SMILES string of the molecule is Cc1ccccc1[N+](=O)[O-].Cc1ccsc1N=S(=O)=O. The Balaban J connectivity index is 0.000000200. The second-order valence-electron chi connectivity index (χ2n) is 3.76. The normalized spacial score (nSPS) is 9.30. The Hall–Kier alpha value is -2.06. The van der Waals surface area contributed by atoms with Crippen LogP contribution >= 0.6 is 11.3 Å². The fraction of sp³-hybridized carbons (Fsp3) is 0.167. The smallest absolute Gasteiger partial charge is 0.258 e. The highest BCUT2D eigenvalue weighted by Crippen LogP contribution is 2.24. The van der Waals surface area contributed by atoms with E-state index in [9.17, 15) is 18.5 Å². The summed E-state index contributed by atoms with van der Waals surface area (Å²) in [5, 5.41) is 12.6. The molecule has 0 saturated heterocycles. The molecule has 0 unspecified atom stereocenters. The fourth-order valence-electron chi connectivity index (χ4n) is 1.29. The summed E-state index contributed by atoms with van der Waals surface area (Å²) in [5.74, 6) is 0. The second-order valence-corrected chi connectivity index (χ2v) is 5.27. The number of hydrogen-bond donors (Lipinski definition) is 0. The Morgan fingerprint density at radius 3 is 2.20 bits per heavy atom. The lowest BCUT2D eigenvalue weighted by Gasteiger charge is -1.92. The van der Waals surface area contributed by atoms with Gasteiger partial charge in [0.2, 0.25) is 0 Å². The molecule has 0 fully saturated rings. The summed E-state index contributed by atoms with van der Waals surface area (Å²) >= 11 is 1.32. The van der Waals surface area contributed by atoms with Gasteiger partial charge in [-0.25, -0.2) is 0 Å². The van der Waals surface area contributed by atoms with E-state index in [1.54, 1.807) is 30.5 Å². The van der Waals surface area contributed by atoms with Crippen molar-refractivity contribution >= 4 is 32.5 Å². The molecule has 20 heavy (non-hydrogen) atoms. The van der Waals surface area contributed by atoms with Gasteiger partial charge in [-0.2, -0.15) is 8.42 Å². The summed E-state index contributed by atoms with van der Waals surface area (Å²) in [6.45, 7) is 3.54. The van der Waals surface area contributed by atoms with Crippen LogP contribution in [0.2, 0.25) is 0 Å². The zero-order valence-electron chi connectivity index (χ0n) is 10.8. The summed E-state index contributed by atoms with van der Waals surface area (Å²) in [6.07, 6.45) is 0. The van der Waals surface area contributed by atoms with Gasteiger partial charge < -0.3 is 0 Å². The Morgan fingerprint density at radius 1 is 1.15 bits per heavy atom. The molecule has 8 heteroatoms. The third-order valence-corrected chi connectivity index (χ3v) is 3.66. The molecule has 1 aromatic carbocycles. The maximum Gasteiger partial charge on any atom is 0.317 e. The zero-order chi connectivity index (χ0) is 15.1. The molecule has 1 aromatic heterocycles. The van der Waals surface area contributed by atoms with Gasteiger partial charge in [0.1, 0.15) is 5.00 Å². The zero-order valence-corrected chi connectivity index (χ0v) is 12.4. The average Bonchev–Trinajstić information content (AvgIpc) is 2.75. The number of hydrogen-bond acceptors (Lipinski definition) is 6. The summed E-state index contributed by atoms with van der Waals surface area (Å²) in [4.78, 5) is 9.85. The maximum atomic E-state index is 10.2. The van der Waals surface area contributed by atoms with E-state index in [0.29, 0.717) is 10.6 Å². The maximum absolute atomic E-state index is 10.2. The van der Waals surface area contributed by atoms with E-state index in [1.165, 1.54) is 17.4 Å². The third kappa shape index (κ3) is 4.90. The van der Waals surface area contributed by atoms with E-state index in [1.807, 2.05) is 13.0 Å². The predicted molar refractivity (Wildman–Crippen MR) is 77.9 cm³/mol. The Bertz CT molecular complexity index is 727. The van der Waals surface area contributed by atoms with Gasteiger partial charge in [0.15, 0.2) is 0 Å². The van der Waals surface area contributed by atoms with Gasteiger partial charge in [0.25, 0.3) is 5.69 Å². The van der Waals surface area contributed by atoms with Crippen molar-refractivity contribution in [2.75, 3.05) is 0 Å². The van der Waals surface area contributed by atoms with Gasteiger partial charge >= 0.3 is 10.5 Å². The van der Waals surface area contributed by atoms with E-state index in [-0.39, 0.29) is 10.6 Å². The quantitative estimate of drug-likeness (QED) is 0.625. The number of rotatable bonds is 2. The van der Waals surface area contributed by atoms with Gasteiger partial charge in [0, 0.05) is 11.6 Å². The van der Waals surface area contributed by atoms with Crippen molar-refractivity contribution in [3.05, 3.63) is 57.0 Å². The minimum atomic E-state index is -2.32. The van der Waals surface area contributed by atoms with Crippen LogP contribution in [-0.4, -0.2) is 13.3 Å². The molecule has 0 atom stereocenters. The van der Waals surface area contributed by atoms with E-state index < -0.39 is 10.5 Å². The molecule has 1 heterocycles. The van der Waals surface area contributed by atoms with Crippen LogP contribution in [0.15, 0.2) is 40.1 Å². The molecule has 0 saturated carbocycles. The minimum absolute atomic E-state index is 0.183. The summed E-state index contributed by atoms with van der Waals surface area (Å²) in [7, 11) is -2.32. The Kier molecular flexibility index (Phi) is 6.01. The number of nitrogens with zero attached hydrogens (tertiary/aromatic N) is 2. The highest BCUT2D eigenvalue weighted by molar-refractivity contribution is 7.62. The van der Waals surface area contributed by atoms with Crippen molar-refractivity contribution < 1.29 is 13.3 Å². The van der Waals surface area contributed by atoms with Crippen molar-refractivity contribution in [2.24, 2.45) is 4.36 Å². The topological polar surface area (TPSA) is 89.6 Å². The van der Waals surface area contributed by atoms with Crippen LogP contribution in [0.4, 0.5) is 10.7 Å². The van der Waals surface area contributed by atoms with E-state index in [0.717, 1.165) is 5.56 Å². The van der Waals surface area contributed by atoms with Crippen molar-refractivity contribution in [2.45, 2.75) is 13.8 Å². The minimum Gasteiger partial charge on any atom is -0.258 e. The molecule has 0 amide bonds. The molecular formula is C12H12N2O4S2. The van der Waals surface area contributed by atoms with Crippen LogP contribution in [-0.2, 0) is 10.5 Å². The first-order valence-corrected chi connectivity index (χ1v) is 7.38. The lowest BCUT2D eigenvalue weighted by molar-refractivity contribution is -0.385. The third-order valence-electron chi connectivity index (χ3n) is 2.30. The van der Waals surface area contributed by atoms with Crippen LogP contribution < -0.4 is 0 Å². The molecule has 0 aliphatic rings. The largest absolute Gasteiger partial charge is 0.317 e. The molecule has 0 radical (unpaired) electrons. The van der Waals surface area contributed by atoms with Crippen molar-refractivity contribution in [1.82, 2.24) is 0 Å². The molecule has 0 aliphatic carbocycles. The molecule has 0 bridgehead atoms. The summed E-state index contributed by atoms with van der Waals surface area (Å²) in [5.41, 5.74) is 1.78. The van der Waals surface area contributed by atoms with E-state index in [2.05, 4.69) is 4.36 Å². The van der Waals surface area contributed by atoms with Crippen molar-refractivity contribution in [3.63, 3.8) is 0 Å². The number of aryl methyl sites for hydroxylation is 2. The fourth-order valence-corrected chi connectivity index (χ4v) is 2.58. The number of nitro groups is 1. The first-order chi connectivity index (χ1) is 9.41. The number of benzene rings is 1. The standard InChI is InChI=1S/C7H7NO2.C5H5NO2S2/c1-6-4-2-3-5-7(6)8(9)10;1-4-2-3-9-5(4)6-10(7)8/h2-5H,1H3;2-3H,1H3. The first-order valence-electron chi connectivity index (χ1n) is 5.47. The van der Waals surface area contributed by atoms with Gasteiger partial charge in [-0.3, -0.25) is 10.1 Å². The molecule has 2 rings (SSSR count). The second kappa shape index (κ2) is 7.51. The molecule has 6 nitrogen and oxygen atoms in total. The monoisotopic (exact) mass is 312 g/mol. The summed E-state index contributed by atoms with van der Waals surface area (Å²) < 4.78 is 23.5. The predicted octanol–water partition coefficient (Wildman–Crippen LogP) is 3.65. The molecule has 2 aromatic rings. The van der Waals surface area contributed by atoms with E-state index in [4.69, 9.17) is 0 Å². The van der Waals surface area contributed by atoms with Crippen LogP contribution in [0.3, 0.4) is 0 Å². The first kappa shape index (κ1) is 16.0. The molecule has 106 valence electrons. The van der Waals surface area contributed by atoms with E-state index >= 15 is 0 Å². The lowest BCUT2D eigenvalue weighted by atomic mass is 10.2. The molecule has 0 spiro atoms. The Morgan fingerprint density at radius 2 is 1.80 bits per heavy atom. The van der Waals surface area contributed by atoms with Gasteiger partial charge in [-0.1, -0.05) is 18.2 Å². The number of para-hydroxylation sites is 1. The highest BCUT2D eigenvalue weighted by Gasteiger charge is 2.06. The number of nitro benzene ring substituents is 1. The Labute approximate surface area is 121 Å². The highest BCUT2D eigenvalue weighted by atomic mass is 32.2. The van der Waals surface area contributed by atoms with Gasteiger partial charge in [-0.15, -0.1) is 15.7 Å². The molecular weight excluding hydrogens is 300 g/mol. The lowest BCUT2D eigenvalue weighted by Crippen LogP contribution is -1.89. The van der Waals surface area contributed by atoms with Crippen LogP contribution in [0.25, 0.3) is 0 Å². The average molecular weight is 312 g/mol. The van der Waals surface area contributed by atoms with Crippen LogP contribution in [0.5, 0.6) is 0 Å². The van der Waals surface area contributed by atoms with Crippen molar-refractivity contribution in [1.29, 1.82) is 0 Å². The number of thiophene rings is 1. The molecule has 0 aliphatic heterocycles. The summed E-state index contributed by atoms with van der Waals surface area (Å²) in [6, 6.07) is 8.48. The van der Waals surface area contributed by atoms with Crippen molar-refractivity contribution in [3.8, 4) is 0 Å². The molecule has 0 N–H and O–H groups in total. The van der Waals surface area contributed by atoms with Crippen LogP contribution in [0.1, 0.15) is 11.1 Å². The van der Waals surface area contributed by atoms with Gasteiger partial charge in [-0.05, 0) is 30.9 Å². The van der Waals surface area contributed by atoms with Gasteiger partial charge in [0.05, 0.1) is 4.92 Å². The van der Waals surface area contributed by atoms with Crippen LogP contribution in [0, 0.1) is 24.0 Å².